The Morgan fingerprint density at radius 1 is 1.19 bits per heavy atom. The maximum Gasteiger partial charge on any atom is 0.348 e. The fourth-order valence-corrected chi connectivity index (χ4v) is 3.62. The van der Waals surface area contributed by atoms with Gasteiger partial charge < -0.3 is 20.2 Å². The zero-order valence-electron chi connectivity index (χ0n) is 17.1. The van der Waals surface area contributed by atoms with Crippen molar-refractivity contribution in [3.8, 4) is 0 Å². The highest BCUT2D eigenvalue weighted by atomic mass is 16.4. The van der Waals surface area contributed by atoms with Crippen molar-refractivity contribution in [2.45, 2.75) is 38.6 Å². The molecule has 0 bridgehead atoms. The van der Waals surface area contributed by atoms with Crippen LogP contribution in [0, 0.1) is 12.8 Å². The number of fused-ring (bicyclic) bond motifs is 1. The number of carbonyl (C=O) groups excluding carboxylic acids is 1. The Balaban J connectivity index is 1.59. The molecule has 160 valence electrons. The Bertz CT molecular complexity index is 1190. The summed E-state index contributed by atoms with van der Waals surface area (Å²) < 4.78 is 5.28. The number of nitrogens with one attached hydrogen (secondary N) is 2. The Hall–Kier alpha value is -3.68. The second-order valence-corrected chi connectivity index (χ2v) is 7.78. The van der Waals surface area contributed by atoms with Crippen LogP contribution in [-0.2, 0) is 16.0 Å². The first-order chi connectivity index (χ1) is 14.9. The molecule has 31 heavy (non-hydrogen) atoms. The van der Waals surface area contributed by atoms with Crippen LogP contribution in [-0.4, -0.2) is 28.0 Å². The third-order valence-corrected chi connectivity index (χ3v) is 5.67. The van der Waals surface area contributed by atoms with Crippen LogP contribution >= 0.6 is 0 Å². The van der Waals surface area contributed by atoms with Crippen LogP contribution in [0.5, 0.6) is 0 Å². The normalized spacial score (nSPS) is 14.6. The number of amides is 1. The van der Waals surface area contributed by atoms with Gasteiger partial charge in [0, 0.05) is 18.0 Å². The first-order valence-corrected chi connectivity index (χ1v) is 10.2. The average Bonchev–Trinajstić information content (AvgIpc) is 2.69. The van der Waals surface area contributed by atoms with Gasteiger partial charge in [0.1, 0.15) is 6.04 Å². The summed E-state index contributed by atoms with van der Waals surface area (Å²) in [6.45, 7) is 1.72. The van der Waals surface area contributed by atoms with Crippen molar-refractivity contribution >= 4 is 34.5 Å². The van der Waals surface area contributed by atoms with Gasteiger partial charge in [0.15, 0.2) is 0 Å². The van der Waals surface area contributed by atoms with Gasteiger partial charge in [0.05, 0.1) is 10.9 Å². The molecule has 1 aromatic heterocycles. The number of aliphatic carboxylic acids is 1. The van der Waals surface area contributed by atoms with E-state index in [1.807, 2.05) is 30.3 Å². The van der Waals surface area contributed by atoms with Gasteiger partial charge in [-0.15, -0.1) is 0 Å². The number of aromatic nitrogens is 1. The Labute approximate surface area is 178 Å². The standard InChI is InChI=1S/C23H23N3O5/c1-13-16(24-20(27)15-8-5-9-15)10-11-17-19(13)22(30)31-23(25-17)26-18(21(28)29)12-14-6-3-2-4-7-14/h2-4,6-7,10-11,15,18H,5,8-9,12H2,1H3,(H,24,27)(H,25,26)(H,28,29)/t18-/m0/s1. The average molecular weight is 421 g/mol. The molecule has 1 atom stereocenters. The molecule has 0 saturated heterocycles. The van der Waals surface area contributed by atoms with E-state index in [0.717, 1.165) is 24.8 Å². The van der Waals surface area contributed by atoms with E-state index in [9.17, 15) is 19.5 Å². The quantitative estimate of drug-likeness (QED) is 0.535. The van der Waals surface area contributed by atoms with Crippen LogP contribution in [0.3, 0.4) is 0 Å². The molecule has 1 heterocycles. The lowest BCUT2D eigenvalue weighted by atomic mass is 9.85. The van der Waals surface area contributed by atoms with Crippen LogP contribution in [0.4, 0.5) is 11.7 Å². The molecule has 2 aromatic carbocycles. The summed E-state index contributed by atoms with van der Waals surface area (Å²) >= 11 is 0. The fraction of sp³-hybridized carbons (Fsp3) is 0.304. The molecule has 0 aliphatic heterocycles. The summed E-state index contributed by atoms with van der Waals surface area (Å²) in [7, 11) is 0. The Morgan fingerprint density at radius 3 is 2.58 bits per heavy atom. The predicted octanol–water partition coefficient (Wildman–Crippen LogP) is 3.34. The molecule has 4 rings (SSSR count). The molecule has 8 nitrogen and oxygen atoms in total. The maximum absolute atomic E-state index is 12.7. The minimum Gasteiger partial charge on any atom is -0.480 e. The largest absolute Gasteiger partial charge is 0.480 e. The van der Waals surface area contributed by atoms with Gasteiger partial charge in [0.25, 0.3) is 6.01 Å². The summed E-state index contributed by atoms with van der Waals surface area (Å²) in [4.78, 5) is 40.9. The summed E-state index contributed by atoms with van der Waals surface area (Å²) in [6.07, 6.45) is 3.01. The number of hydrogen-bond donors (Lipinski definition) is 3. The Morgan fingerprint density at radius 2 is 1.94 bits per heavy atom. The number of hydrogen-bond acceptors (Lipinski definition) is 6. The van der Waals surface area contributed by atoms with Crippen LogP contribution in [0.1, 0.15) is 30.4 Å². The highest BCUT2D eigenvalue weighted by Crippen LogP contribution is 2.29. The number of carboxylic acids is 1. The molecular formula is C23H23N3O5. The van der Waals surface area contributed by atoms with Crippen LogP contribution in [0.15, 0.2) is 51.7 Å². The van der Waals surface area contributed by atoms with Crippen LogP contribution in [0.25, 0.3) is 10.9 Å². The predicted molar refractivity (Wildman–Crippen MR) is 116 cm³/mol. The lowest BCUT2D eigenvalue weighted by Gasteiger charge is -2.24. The SMILES string of the molecule is Cc1c(NC(=O)C2CCC2)ccc2nc(N[C@@H](Cc3ccccc3)C(=O)O)oc(=O)c12. The van der Waals surface area contributed by atoms with Gasteiger partial charge in [-0.3, -0.25) is 4.79 Å². The van der Waals surface area contributed by atoms with E-state index in [0.29, 0.717) is 16.8 Å². The number of anilines is 2. The van der Waals surface area contributed by atoms with Crippen LogP contribution in [0.2, 0.25) is 0 Å². The minimum absolute atomic E-state index is 0.0220. The monoisotopic (exact) mass is 421 g/mol. The third kappa shape index (κ3) is 4.42. The molecule has 1 fully saturated rings. The molecule has 0 spiro atoms. The van der Waals surface area contributed by atoms with E-state index in [4.69, 9.17) is 4.42 Å². The van der Waals surface area contributed by atoms with Crippen molar-refractivity contribution in [2.75, 3.05) is 10.6 Å². The van der Waals surface area contributed by atoms with E-state index in [1.54, 1.807) is 19.1 Å². The number of carboxylic acid groups (broad SMARTS) is 1. The summed E-state index contributed by atoms with van der Waals surface area (Å²) in [5.74, 6) is -1.11. The molecule has 1 aliphatic rings. The van der Waals surface area contributed by atoms with Crippen molar-refractivity contribution in [2.24, 2.45) is 5.92 Å². The summed E-state index contributed by atoms with van der Waals surface area (Å²) in [5.41, 5.74) is 1.66. The molecular weight excluding hydrogens is 398 g/mol. The molecule has 8 heteroatoms. The van der Waals surface area contributed by atoms with Crippen molar-refractivity contribution in [3.05, 3.63) is 64.0 Å². The van der Waals surface area contributed by atoms with Gasteiger partial charge in [-0.1, -0.05) is 36.8 Å². The van der Waals surface area contributed by atoms with Crippen LogP contribution < -0.4 is 16.3 Å². The number of rotatable bonds is 7. The van der Waals surface area contributed by atoms with E-state index in [2.05, 4.69) is 15.6 Å². The molecule has 0 radical (unpaired) electrons. The van der Waals surface area contributed by atoms with Gasteiger partial charge >= 0.3 is 11.6 Å². The van der Waals surface area contributed by atoms with Gasteiger partial charge in [-0.2, -0.15) is 4.98 Å². The van der Waals surface area contributed by atoms with E-state index >= 15 is 0 Å². The fourth-order valence-electron chi connectivity index (χ4n) is 3.62. The van der Waals surface area contributed by atoms with Gasteiger partial charge in [0.2, 0.25) is 5.91 Å². The van der Waals surface area contributed by atoms with E-state index < -0.39 is 17.6 Å². The second-order valence-electron chi connectivity index (χ2n) is 7.78. The molecule has 1 saturated carbocycles. The maximum atomic E-state index is 12.7. The molecule has 1 amide bonds. The summed E-state index contributed by atoms with van der Waals surface area (Å²) in [5, 5.41) is 15.4. The number of aryl methyl sites for hydroxylation is 1. The van der Waals surface area contributed by atoms with Crippen molar-refractivity contribution in [1.82, 2.24) is 4.98 Å². The van der Waals surface area contributed by atoms with Crippen molar-refractivity contribution in [3.63, 3.8) is 0 Å². The first-order valence-electron chi connectivity index (χ1n) is 10.2. The molecule has 3 aromatic rings. The highest BCUT2D eigenvalue weighted by molar-refractivity contribution is 5.97. The first kappa shape index (κ1) is 20.6. The zero-order valence-corrected chi connectivity index (χ0v) is 17.1. The van der Waals surface area contributed by atoms with E-state index in [-0.39, 0.29) is 29.6 Å². The smallest absolute Gasteiger partial charge is 0.348 e. The number of nitrogens with zero attached hydrogens (tertiary/aromatic N) is 1. The lowest BCUT2D eigenvalue weighted by Crippen LogP contribution is -2.32. The molecule has 3 N–H and O–H groups in total. The van der Waals surface area contributed by atoms with Crippen molar-refractivity contribution in [1.29, 1.82) is 0 Å². The third-order valence-electron chi connectivity index (χ3n) is 5.67. The minimum atomic E-state index is -1.08. The zero-order chi connectivity index (χ0) is 22.0. The Kier molecular flexibility index (Phi) is 5.70. The van der Waals surface area contributed by atoms with Gasteiger partial charge in [-0.05, 0) is 43.0 Å². The topological polar surface area (TPSA) is 122 Å². The molecule has 1 aliphatic carbocycles. The molecule has 0 unspecified atom stereocenters. The highest BCUT2D eigenvalue weighted by Gasteiger charge is 2.26. The number of carbonyl (C=O) groups is 2. The second kappa shape index (κ2) is 8.59. The number of benzene rings is 2. The lowest BCUT2D eigenvalue weighted by molar-refractivity contribution is -0.138. The van der Waals surface area contributed by atoms with E-state index in [1.165, 1.54) is 0 Å². The summed E-state index contributed by atoms with van der Waals surface area (Å²) in [6, 6.07) is 11.3. The van der Waals surface area contributed by atoms with Crippen molar-refractivity contribution < 1.29 is 19.1 Å². The van der Waals surface area contributed by atoms with Gasteiger partial charge in [-0.25, -0.2) is 9.59 Å².